The molecule has 0 saturated heterocycles. The zero-order valence-electron chi connectivity index (χ0n) is 9.14. The molecule has 3 nitrogen and oxygen atoms in total. The maximum atomic E-state index is 8.16. The van der Waals surface area contributed by atoms with E-state index in [2.05, 4.69) is 30.8 Å². The molecular formula is C11H18N3+. The van der Waals surface area contributed by atoms with E-state index in [1.807, 2.05) is 18.2 Å². The average Bonchev–Trinajstić information content (AvgIpc) is 2.30. The van der Waals surface area contributed by atoms with Gasteiger partial charge < -0.3 is 4.90 Å². The average molecular weight is 192 g/mol. The van der Waals surface area contributed by atoms with Crippen LogP contribution in [0.2, 0.25) is 0 Å². The van der Waals surface area contributed by atoms with Gasteiger partial charge in [-0.2, -0.15) is 0 Å². The molecule has 1 aromatic carbocycles. The summed E-state index contributed by atoms with van der Waals surface area (Å²) in [7, 11) is 2.11. The van der Waals surface area contributed by atoms with Gasteiger partial charge in [-0.15, -0.1) is 0 Å². The van der Waals surface area contributed by atoms with Crippen molar-refractivity contribution in [3.8, 4) is 0 Å². The van der Waals surface area contributed by atoms with Crippen LogP contribution >= 0.6 is 0 Å². The minimum Gasteiger partial charge on any atom is -0.307 e. The fraction of sp³-hybridized carbons (Fsp3) is 0.455. The summed E-state index contributed by atoms with van der Waals surface area (Å²) in [6, 6.07) is 8.94. The molecule has 0 bridgehead atoms. The highest BCUT2D eigenvalue weighted by atomic mass is 15.1. The lowest BCUT2D eigenvalue weighted by molar-refractivity contribution is 0.373. The largest absolute Gasteiger partial charge is 0.385 e. The van der Waals surface area contributed by atoms with Crippen molar-refractivity contribution < 1.29 is 0 Å². The molecule has 1 aromatic rings. The Balaban J connectivity index is 0.000000255. The summed E-state index contributed by atoms with van der Waals surface area (Å²) < 4.78 is 0. The van der Waals surface area contributed by atoms with Crippen molar-refractivity contribution in [2.45, 2.75) is 13.8 Å². The van der Waals surface area contributed by atoms with Crippen molar-refractivity contribution in [1.29, 1.82) is 5.39 Å². The fourth-order valence-corrected chi connectivity index (χ4v) is 0.718. The first-order chi connectivity index (χ1) is 6.74. The van der Waals surface area contributed by atoms with Gasteiger partial charge in [0.1, 0.15) is 0 Å². The van der Waals surface area contributed by atoms with Gasteiger partial charge in [0.15, 0.2) is 4.98 Å². The maximum absolute atomic E-state index is 8.16. The second kappa shape index (κ2) is 8.21. The highest BCUT2D eigenvalue weighted by Crippen LogP contribution is 2.07. The van der Waals surface area contributed by atoms with E-state index in [9.17, 15) is 0 Å². The van der Waals surface area contributed by atoms with Crippen LogP contribution in [0.1, 0.15) is 13.8 Å². The lowest BCUT2D eigenvalue weighted by Crippen LogP contribution is -2.15. The predicted molar refractivity (Wildman–Crippen MR) is 60.0 cm³/mol. The number of hydrogen-bond acceptors (Lipinski definition) is 2. The Kier molecular flexibility index (Phi) is 7.39. The zero-order chi connectivity index (χ0) is 10.8. The third kappa shape index (κ3) is 6.15. The van der Waals surface area contributed by atoms with Crippen LogP contribution in [0.5, 0.6) is 0 Å². The van der Waals surface area contributed by atoms with E-state index in [1.54, 1.807) is 12.1 Å². The monoisotopic (exact) mass is 192 g/mol. The van der Waals surface area contributed by atoms with Crippen LogP contribution < -0.4 is 0 Å². The Labute approximate surface area is 86.0 Å². The molecule has 0 aromatic heterocycles. The minimum absolute atomic E-state index is 0.590. The summed E-state index contributed by atoms with van der Waals surface area (Å²) in [6.45, 7) is 6.64. The normalized spacial score (nSPS) is 8.79. The quantitative estimate of drug-likeness (QED) is 0.674. The molecule has 14 heavy (non-hydrogen) atoms. The van der Waals surface area contributed by atoms with Crippen LogP contribution in [0, 0.1) is 5.39 Å². The summed E-state index contributed by atoms with van der Waals surface area (Å²) in [5.74, 6) is 0. The van der Waals surface area contributed by atoms with E-state index in [0.717, 1.165) is 13.1 Å². The molecule has 0 saturated carbocycles. The number of benzene rings is 1. The fourth-order valence-electron chi connectivity index (χ4n) is 0.718. The molecule has 1 rings (SSSR count). The van der Waals surface area contributed by atoms with Gasteiger partial charge in [-0.3, -0.25) is 0 Å². The third-order valence-corrected chi connectivity index (χ3v) is 1.95. The smallest absolute Gasteiger partial charge is 0.307 e. The lowest BCUT2D eigenvalue weighted by Gasteiger charge is -2.07. The van der Waals surface area contributed by atoms with E-state index in [-0.39, 0.29) is 0 Å². The van der Waals surface area contributed by atoms with Crippen LogP contribution in [0.15, 0.2) is 30.3 Å². The molecule has 0 N–H and O–H groups in total. The van der Waals surface area contributed by atoms with Crippen molar-refractivity contribution in [3.05, 3.63) is 35.3 Å². The standard InChI is InChI=1S/C6H5N2.C5H13N/c7-8-6-4-2-1-3-5-6;1-4-6(3)5-2/h1-5H;4-5H2,1-3H3/q+1;. The van der Waals surface area contributed by atoms with Crippen LogP contribution in [-0.2, 0) is 0 Å². The summed E-state index contributed by atoms with van der Waals surface area (Å²) in [4.78, 5) is 5.22. The predicted octanol–water partition coefficient (Wildman–Crippen LogP) is 3.13. The third-order valence-electron chi connectivity index (χ3n) is 1.95. The Morgan fingerprint density at radius 2 is 1.64 bits per heavy atom. The number of rotatable bonds is 2. The molecule has 76 valence electrons. The Bertz CT molecular complexity index is 260. The van der Waals surface area contributed by atoms with Gasteiger partial charge in [-0.25, -0.2) is 0 Å². The number of hydrogen-bond donors (Lipinski definition) is 0. The van der Waals surface area contributed by atoms with Crippen molar-refractivity contribution in [3.63, 3.8) is 0 Å². The van der Waals surface area contributed by atoms with Crippen molar-refractivity contribution in [1.82, 2.24) is 4.90 Å². The number of diazo groups is 1. The molecule has 0 amide bonds. The first kappa shape index (κ1) is 12.6. The van der Waals surface area contributed by atoms with Crippen LogP contribution in [-0.4, -0.2) is 25.0 Å². The molecule has 0 aliphatic carbocycles. The van der Waals surface area contributed by atoms with Crippen LogP contribution in [0.3, 0.4) is 0 Å². The number of nitrogens with zero attached hydrogens (tertiary/aromatic N) is 3. The van der Waals surface area contributed by atoms with Crippen molar-refractivity contribution >= 4 is 5.69 Å². The summed E-state index contributed by atoms with van der Waals surface area (Å²) in [5, 5.41) is 8.16. The first-order valence-corrected chi connectivity index (χ1v) is 4.83. The van der Waals surface area contributed by atoms with E-state index in [4.69, 9.17) is 5.39 Å². The first-order valence-electron chi connectivity index (χ1n) is 4.83. The van der Waals surface area contributed by atoms with E-state index < -0.39 is 0 Å². The lowest BCUT2D eigenvalue weighted by atomic mass is 10.3. The van der Waals surface area contributed by atoms with Gasteiger partial charge in [0.2, 0.25) is 5.39 Å². The second-order valence-corrected chi connectivity index (χ2v) is 2.92. The van der Waals surface area contributed by atoms with Gasteiger partial charge in [0.25, 0.3) is 0 Å². The molecular weight excluding hydrogens is 174 g/mol. The summed E-state index contributed by atoms with van der Waals surface area (Å²) >= 11 is 0. The molecule has 0 fully saturated rings. The minimum atomic E-state index is 0.590. The highest BCUT2D eigenvalue weighted by molar-refractivity contribution is 5.42. The Hall–Kier alpha value is -1.40. The van der Waals surface area contributed by atoms with E-state index >= 15 is 0 Å². The molecule has 0 aliphatic rings. The SMILES string of the molecule is CCN(C)CC.N#[N+]c1ccccc1. The molecule has 0 unspecified atom stereocenters. The zero-order valence-corrected chi connectivity index (χ0v) is 9.14. The van der Waals surface area contributed by atoms with Gasteiger partial charge in [-0.1, -0.05) is 32.0 Å². The molecule has 0 heterocycles. The second-order valence-electron chi connectivity index (χ2n) is 2.92. The van der Waals surface area contributed by atoms with E-state index in [1.165, 1.54) is 0 Å². The van der Waals surface area contributed by atoms with Crippen molar-refractivity contribution in [2.75, 3.05) is 20.1 Å². The Morgan fingerprint density at radius 1 is 1.14 bits per heavy atom. The molecule has 0 aliphatic heterocycles. The molecule has 0 spiro atoms. The van der Waals surface area contributed by atoms with Crippen LogP contribution in [0.4, 0.5) is 5.69 Å². The molecule has 0 radical (unpaired) electrons. The van der Waals surface area contributed by atoms with E-state index in [0.29, 0.717) is 5.69 Å². The summed E-state index contributed by atoms with van der Waals surface area (Å²) in [6.07, 6.45) is 0. The topological polar surface area (TPSA) is 31.4 Å². The maximum Gasteiger partial charge on any atom is 0.385 e. The van der Waals surface area contributed by atoms with Gasteiger partial charge in [0.05, 0.1) is 0 Å². The summed E-state index contributed by atoms with van der Waals surface area (Å²) in [5.41, 5.74) is 0.590. The highest BCUT2D eigenvalue weighted by Gasteiger charge is 1.95. The van der Waals surface area contributed by atoms with Gasteiger partial charge in [-0.05, 0) is 20.1 Å². The van der Waals surface area contributed by atoms with Gasteiger partial charge in [0, 0.05) is 12.1 Å². The van der Waals surface area contributed by atoms with Gasteiger partial charge >= 0.3 is 5.69 Å². The van der Waals surface area contributed by atoms with Crippen molar-refractivity contribution in [2.24, 2.45) is 0 Å². The Morgan fingerprint density at radius 3 is 1.86 bits per heavy atom. The molecule has 0 atom stereocenters. The molecule has 3 heteroatoms. The van der Waals surface area contributed by atoms with Crippen LogP contribution in [0.25, 0.3) is 4.98 Å².